The molecule has 2 aromatic carbocycles. The summed E-state index contributed by atoms with van der Waals surface area (Å²) in [6, 6.07) is 15.9. The number of halogens is 2. The summed E-state index contributed by atoms with van der Waals surface area (Å²) in [6.45, 7) is -0.444. The molecule has 3 fully saturated rings. The number of Topliss-reactive ketones (excluding diaryl/α,β-unsaturated/α-hetero) is 1. The second kappa shape index (κ2) is 11.0. The molecule has 6 nitrogen and oxygen atoms in total. The summed E-state index contributed by atoms with van der Waals surface area (Å²) in [4.78, 5) is 54.2. The van der Waals surface area contributed by atoms with Gasteiger partial charge in [-0.15, -0.1) is 0 Å². The Morgan fingerprint density at radius 1 is 0.946 bits per heavy atom. The molecule has 194 valence electrons. The maximum atomic E-state index is 13.4. The summed E-state index contributed by atoms with van der Waals surface area (Å²) in [5.41, 5.74) is 2.45. The van der Waals surface area contributed by atoms with Gasteiger partial charge in [-0.25, -0.2) is 4.79 Å². The highest BCUT2D eigenvalue weighted by Gasteiger charge is 2.67. The quantitative estimate of drug-likeness (QED) is 0.165. The molecule has 0 N–H and O–H groups in total. The van der Waals surface area contributed by atoms with Gasteiger partial charge in [0.25, 0.3) is 0 Å². The fourth-order valence-corrected chi connectivity index (χ4v) is 8.39. The van der Waals surface area contributed by atoms with Crippen LogP contribution < -0.4 is 0 Å². The van der Waals surface area contributed by atoms with E-state index < -0.39 is 30.5 Å². The Morgan fingerprint density at radius 2 is 1.51 bits per heavy atom. The van der Waals surface area contributed by atoms with Crippen LogP contribution in [-0.2, 0) is 19.1 Å². The fourth-order valence-electron chi connectivity index (χ4n) is 6.06. The molecule has 2 bridgehead atoms. The number of ether oxygens (including phenoxy) is 1. The first kappa shape index (κ1) is 26.6. The van der Waals surface area contributed by atoms with Crippen molar-refractivity contribution in [3.8, 4) is 11.1 Å². The Kier molecular flexibility index (Phi) is 7.93. The lowest BCUT2D eigenvalue weighted by atomic mass is 9.81. The number of thioether (sulfide) groups is 1. The number of hydrogen-bond donors (Lipinski definition) is 0. The van der Waals surface area contributed by atoms with E-state index in [-0.39, 0.29) is 39.1 Å². The second-order valence-electron chi connectivity index (χ2n) is 9.82. The van der Waals surface area contributed by atoms with E-state index in [2.05, 4.69) is 31.9 Å². The maximum Gasteiger partial charge on any atom is 0.329 e. The smallest absolute Gasteiger partial charge is 0.329 e. The first-order chi connectivity index (χ1) is 17.8. The minimum absolute atomic E-state index is 0.0680. The van der Waals surface area contributed by atoms with Crippen molar-refractivity contribution < 1.29 is 23.9 Å². The zero-order valence-corrected chi connectivity index (χ0v) is 24.2. The van der Waals surface area contributed by atoms with E-state index in [1.54, 1.807) is 12.1 Å². The van der Waals surface area contributed by atoms with E-state index in [0.717, 1.165) is 22.4 Å². The van der Waals surface area contributed by atoms with E-state index in [0.29, 0.717) is 17.7 Å². The van der Waals surface area contributed by atoms with Gasteiger partial charge in [0, 0.05) is 15.2 Å². The van der Waals surface area contributed by atoms with Gasteiger partial charge in [-0.05, 0) is 47.8 Å². The fraction of sp³-hybridized carbons (Fsp3) is 0.429. The minimum Gasteiger partial charge on any atom is -0.456 e. The molecule has 7 atom stereocenters. The van der Waals surface area contributed by atoms with Gasteiger partial charge >= 0.3 is 5.97 Å². The number of carbonyl (C=O) groups excluding carboxylic acids is 4. The normalized spacial score (nSPS) is 28.9. The molecule has 3 aliphatic rings. The van der Waals surface area contributed by atoms with Gasteiger partial charge in [0.2, 0.25) is 11.8 Å². The molecule has 9 heteroatoms. The summed E-state index contributed by atoms with van der Waals surface area (Å²) in [5.74, 6) is -1.69. The molecule has 1 saturated heterocycles. The number of imide groups is 1. The van der Waals surface area contributed by atoms with Crippen molar-refractivity contribution in [2.75, 3.05) is 18.6 Å². The van der Waals surface area contributed by atoms with Crippen LogP contribution in [0.15, 0.2) is 54.6 Å². The van der Waals surface area contributed by atoms with Gasteiger partial charge in [-0.3, -0.25) is 19.3 Å². The van der Waals surface area contributed by atoms with Crippen LogP contribution in [0.1, 0.15) is 23.2 Å². The van der Waals surface area contributed by atoms with Gasteiger partial charge in [0.05, 0.1) is 11.8 Å². The first-order valence-electron chi connectivity index (χ1n) is 12.3. The number of esters is 1. The predicted molar refractivity (Wildman–Crippen MR) is 150 cm³/mol. The van der Waals surface area contributed by atoms with Crippen LogP contribution in [-0.4, -0.2) is 62.8 Å². The third-order valence-corrected chi connectivity index (χ3v) is 11.7. The number of fused-ring (bicyclic) bond motifs is 5. The SMILES string of the molecule is CSCC[C@H](C(=O)OCC(=O)c1ccc(-c2ccccc2)cc1)N1C(=O)[C@@H]2[C@H]3C[C@@H]([C@H](Br)[C@H]3Br)[C@@H]2C1=O. The highest BCUT2D eigenvalue weighted by atomic mass is 79.9. The van der Waals surface area contributed by atoms with Crippen LogP contribution in [0.25, 0.3) is 11.1 Å². The standard InChI is InChI=1S/C28H27Br2NO5S/c1-37-12-11-20(31-26(33)22-18-13-19(23(22)27(31)34)25(30)24(18)29)28(35)36-14-21(32)17-9-7-16(8-10-17)15-5-3-2-4-6-15/h2-10,18-20,22-25H,11-14H2,1H3/t18-,19-,20-,22-,23+,24+,25+/m1/s1. The average Bonchev–Trinajstić information content (AvgIpc) is 3.53. The molecule has 2 saturated carbocycles. The molecule has 37 heavy (non-hydrogen) atoms. The lowest BCUT2D eigenvalue weighted by Gasteiger charge is -2.28. The number of alkyl halides is 2. The van der Waals surface area contributed by atoms with Crippen molar-refractivity contribution in [2.24, 2.45) is 23.7 Å². The van der Waals surface area contributed by atoms with E-state index in [1.165, 1.54) is 11.8 Å². The van der Waals surface area contributed by atoms with E-state index in [4.69, 9.17) is 4.74 Å². The van der Waals surface area contributed by atoms with E-state index >= 15 is 0 Å². The first-order valence-corrected chi connectivity index (χ1v) is 15.5. The molecule has 0 spiro atoms. The topological polar surface area (TPSA) is 80.8 Å². The van der Waals surface area contributed by atoms with Crippen LogP contribution in [0, 0.1) is 23.7 Å². The summed E-state index contributed by atoms with van der Waals surface area (Å²) in [5, 5.41) is 0. The van der Waals surface area contributed by atoms with Crippen molar-refractivity contribution in [2.45, 2.75) is 28.5 Å². The largest absolute Gasteiger partial charge is 0.456 e. The van der Waals surface area contributed by atoms with Gasteiger partial charge < -0.3 is 4.74 Å². The number of nitrogens with zero attached hydrogens (tertiary/aromatic N) is 1. The van der Waals surface area contributed by atoms with Crippen LogP contribution in [0.4, 0.5) is 0 Å². The van der Waals surface area contributed by atoms with E-state index in [1.807, 2.05) is 48.7 Å². The molecule has 2 amide bonds. The highest BCUT2D eigenvalue weighted by molar-refractivity contribution is 9.12. The number of rotatable bonds is 9. The Morgan fingerprint density at radius 3 is 2.08 bits per heavy atom. The Balaban J connectivity index is 1.27. The molecule has 2 aromatic rings. The molecule has 1 aliphatic heterocycles. The van der Waals surface area contributed by atoms with E-state index in [9.17, 15) is 19.2 Å². The molecule has 0 unspecified atom stereocenters. The molecule has 0 aromatic heterocycles. The van der Waals surface area contributed by atoms with Crippen molar-refractivity contribution in [3.05, 3.63) is 60.2 Å². The Bertz CT molecular complexity index is 1170. The maximum absolute atomic E-state index is 13.4. The summed E-state index contributed by atoms with van der Waals surface area (Å²) in [6.07, 6.45) is 3.02. The number of amides is 2. The zero-order chi connectivity index (χ0) is 26.3. The lowest BCUT2D eigenvalue weighted by molar-refractivity contribution is -0.158. The van der Waals surface area contributed by atoms with Crippen molar-refractivity contribution in [1.29, 1.82) is 0 Å². The van der Waals surface area contributed by atoms with Crippen LogP contribution in [0.3, 0.4) is 0 Å². The van der Waals surface area contributed by atoms with Crippen molar-refractivity contribution in [1.82, 2.24) is 4.90 Å². The van der Waals surface area contributed by atoms with Gasteiger partial charge in [-0.1, -0.05) is 86.5 Å². The lowest BCUT2D eigenvalue weighted by Crippen LogP contribution is -2.47. The number of hydrogen-bond acceptors (Lipinski definition) is 6. The van der Waals surface area contributed by atoms with Crippen molar-refractivity contribution >= 4 is 67.2 Å². The minimum atomic E-state index is -1.02. The third-order valence-electron chi connectivity index (χ3n) is 7.86. The van der Waals surface area contributed by atoms with Crippen LogP contribution in [0.5, 0.6) is 0 Å². The molecular formula is C28H27Br2NO5S. The summed E-state index contributed by atoms with van der Waals surface area (Å²) < 4.78 is 5.41. The molecule has 1 heterocycles. The van der Waals surface area contributed by atoms with Crippen LogP contribution in [0.2, 0.25) is 0 Å². The van der Waals surface area contributed by atoms with Gasteiger partial charge in [-0.2, -0.15) is 11.8 Å². The molecule has 5 rings (SSSR count). The summed E-state index contributed by atoms with van der Waals surface area (Å²) in [7, 11) is 0. The van der Waals surface area contributed by atoms with Crippen LogP contribution >= 0.6 is 43.6 Å². The summed E-state index contributed by atoms with van der Waals surface area (Å²) >= 11 is 8.91. The number of likely N-dealkylation sites (tertiary alicyclic amines) is 1. The number of ketones is 1. The predicted octanol–water partition coefficient (Wildman–Crippen LogP) is 4.98. The third kappa shape index (κ3) is 4.83. The zero-order valence-electron chi connectivity index (χ0n) is 20.2. The second-order valence-corrected chi connectivity index (χ2v) is 12.9. The van der Waals surface area contributed by atoms with Gasteiger partial charge in [0.1, 0.15) is 6.04 Å². The Hall–Kier alpha value is -1.97. The monoisotopic (exact) mass is 647 g/mol. The number of benzene rings is 2. The molecular weight excluding hydrogens is 622 g/mol. The average molecular weight is 649 g/mol. The molecule has 2 aliphatic carbocycles. The molecule has 0 radical (unpaired) electrons. The van der Waals surface area contributed by atoms with Gasteiger partial charge in [0.15, 0.2) is 12.4 Å². The number of carbonyl (C=O) groups is 4. The Labute approximate surface area is 237 Å². The van der Waals surface area contributed by atoms with Crippen molar-refractivity contribution in [3.63, 3.8) is 0 Å². The highest BCUT2D eigenvalue weighted by Crippen LogP contribution is 2.60.